The monoisotopic (exact) mass is 470 g/mol. The molecule has 0 aliphatic rings. The third kappa shape index (κ3) is 3.53. The quantitative estimate of drug-likeness (QED) is 0.239. The van der Waals surface area contributed by atoms with Crippen LogP contribution in [0.4, 0.5) is 0 Å². The maximum Gasteiger partial charge on any atom is 0.190 e. The number of hydrogen-bond acceptors (Lipinski definition) is 7. The Morgan fingerprint density at radius 3 is 2.28 bits per heavy atom. The van der Waals surface area contributed by atoms with Crippen LogP contribution in [-0.2, 0) is 0 Å². The molecule has 7 N–H and O–H groups in total. The van der Waals surface area contributed by atoms with E-state index in [4.69, 9.17) is 34.0 Å². The van der Waals surface area contributed by atoms with Crippen molar-refractivity contribution < 1.29 is 29.9 Å². The molecular formula is C22H15ClN2O6S. The van der Waals surface area contributed by atoms with Gasteiger partial charge < -0.3 is 35.7 Å². The van der Waals surface area contributed by atoms with Crippen LogP contribution in [0.5, 0.6) is 28.7 Å². The molecule has 3 aromatic carbocycles. The Bertz CT molecular complexity index is 1480. The van der Waals surface area contributed by atoms with Crippen molar-refractivity contribution in [2.45, 2.75) is 0 Å². The predicted octanol–water partition coefficient (Wildman–Crippen LogP) is 4.09. The number of nitrogens with two attached hydrogens (primary N) is 1. The standard InChI is InChI=1S/C22H15ClN2O6S/c23-12-4-2-1-3-10(12)16-14(28)8-15-17(19(16)29)18(25-22(24)32)20(30)21(31-15)11-6-5-9(26)7-13(11)27/h1-8,26-30H,(H2,24,32)/b25-18+. The minimum atomic E-state index is -0.586. The van der Waals surface area contributed by atoms with Gasteiger partial charge in [0.15, 0.2) is 16.6 Å². The van der Waals surface area contributed by atoms with E-state index >= 15 is 0 Å². The number of benzene rings is 3. The lowest BCUT2D eigenvalue weighted by Gasteiger charge is -2.14. The lowest BCUT2D eigenvalue weighted by molar-refractivity contribution is 0.433. The molecule has 0 saturated carbocycles. The maximum absolute atomic E-state index is 11.1. The summed E-state index contributed by atoms with van der Waals surface area (Å²) in [6.45, 7) is 0. The van der Waals surface area contributed by atoms with Crippen LogP contribution in [-0.4, -0.2) is 30.6 Å². The van der Waals surface area contributed by atoms with Gasteiger partial charge in [0.25, 0.3) is 0 Å². The topological polar surface area (TPSA) is 153 Å². The molecule has 0 amide bonds. The molecule has 32 heavy (non-hydrogen) atoms. The van der Waals surface area contributed by atoms with Gasteiger partial charge in [0.1, 0.15) is 33.9 Å². The van der Waals surface area contributed by atoms with Crippen LogP contribution >= 0.6 is 23.8 Å². The molecule has 0 bridgehead atoms. The first-order chi connectivity index (χ1) is 15.2. The van der Waals surface area contributed by atoms with Gasteiger partial charge in [-0.05, 0) is 30.4 Å². The van der Waals surface area contributed by atoms with Crippen molar-refractivity contribution in [1.82, 2.24) is 0 Å². The summed E-state index contributed by atoms with van der Waals surface area (Å²) in [7, 11) is 0. The van der Waals surface area contributed by atoms with Crippen molar-refractivity contribution in [3.8, 4) is 51.2 Å². The summed E-state index contributed by atoms with van der Waals surface area (Å²) in [5.74, 6) is -2.29. The summed E-state index contributed by atoms with van der Waals surface area (Å²) in [5, 5.41) is 52.0. The first-order valence-electron chi connectivity index (χ1n) is 9.05. The lowest BCUT2D eigenvalue weighted by Crippen LogP contribution is -2.14. The number of aromatic hydroxyl groups is 5. The zero-order valence-corrected chi connectivity index (χ0v) is 17.6. The fourth-order valence-electron chi connectivity index (χ4n) is 3.37. The van der Waals surface area contributed by atoms with E-state index < -0.39 is 17.2 Å². The van der Waals surface area contributed by atoms with Crippen LogP contribution in [0.1, 0.15) is 0 Å². The second kappa shape index (κ2) is 7.95. The molecule has 0 aliphatic carbocycles. The number of rotatable bonds is 2. The molecule has 162 valence electrons. The van der Waals surface area contributed by atoms with Crippen LogP contribution in [0, 0.1) is 0 Å². The van der Waals surface area contributed by atoms with E-state index in [9.17, 15) is 25.5 Å². The summed E-state index contributed by atoms with van der Waals surface area (Å²) in [4.78, 5) is 3.96. The largest absolute Gasteiger partial charge is 0.508 e. The summed E-state index contributed by atoms with van der Waals surface area (Å²) < 4.78 is 5.72. The second-order valence-corrected chi connectivity index (χ2v) is 7.58. The Labute approximate surface area is 190 Å². The smallest absolute Gasteiger partial charge is 0.190 e. The zero-order chi connectivity index (χ0) is 23.2. The first-order valence-corrected chi connectivity index (χ1v) is 9.83. The molecule has 4 aromatic rings. The van der Waals surface area contributed by atoms with Crippen LogP contribution < -0.4 is 11.1 Å². The molecular weight excluding hydrogens is 456 g/mol. The minimum absolute atomic E-state index is 0.00995. The Hall–Kier alpha value is -3.95. The van der Waals surface area contributed by atoms with Gasteiger partial charge in [0.2, 0.25) is 0 Å². The Balaban J connectivity index is 2.17. The van der Waals surface area contributed by atoms with Gasteiger partial charge in [-0.15, -0.1) is 0 Å². The molecule has 0 radical (unpaired) electrons. The van der Waals surface area contributed by atoms with Crippen LogP contribution in [0.3, 0.4) is 0 Å². The Morgan fingerprint density at radius 2 is 1.62 bits per heavy atom. The molecule has 0 unspecified atom stereocenters. The number of nitrogens with zero attached hydrogens (tertiary/aromatic N) is 1. The highest BCUT2D eigenvalue weighted by Crippen LogP contribution is 2.46. The van der Waals surface area contributed by atoms with Gasteiger partial charge in [-0.2, -0.15) is 0 Å². The van der Waals surface area contributed by atoms with Gasteiger partial charge >= 0.3 is 0 Å². The molecule has 4 rings (SSSR count). The number of fused-ring (bicyclic) bond motifs is 1. The number of hydrogen-bond donors (Lipinski definition) is 6. The van der Waals surface area contributed by atoms with E-state index in [2.05, 4.69) is 4.99 Å². The van der Waals surface area contributed by atoms with Crippen molar-refractivity contribution in [2.24, 2.45) is 10.7 Å². The minimum Gasteiger partial charge on any atom is -0.508 e. The van der Waals surface area contributed by atoms with E-state index in [0.717, 1.165) is 6.07 Å². The summed E-state index contributed by atoms with van der Waals surface area (Å²) in [6, 6.07) is 11.4. The molecule has 8 nitrogen and oxygen atoms in total. The van der Waals surface area contributed by atoms with Crippen molar-refractivity contribution >= 4 is 39.9 Å². The Morgan fingerprint density at radius 1 is 0.906 bits per heavy atom. The maximum atomic E-state index is 11.1. The van der Waals surface area contributed by atoms with E-state index in [1.807, 2.05) is 0 Å². The molecule has 10 heteroatoms. The van der Waals surface area contributed by atoms with Gasteiger partial charge in [0, 0.05) is 22.7 Å². The van der Waals surface area contributed by atoms with E-state index in [1.54, 1.807) is 24.3 Å². The molecule has 0 saturated heterocycles. The number of halogens is 1. The lowest BCUT2D eigenvalue weighted by atomic mass is 9.99. The van der Waals surface area contributed by atoms with Crippen molar-refractivity contribution in [3.63, 3.8) is 0 Å². The fourth-order valence-corrected chi connectivity index (χ4v) is 3.69. The summed E-state index contributed by atoms with van der Waals surface area (Å²) in [5.41, 5.74) is 5.79. The van der Waals surface area contributed by atoms with Crippen LogP contribution in [0.15, 0.2) is 57.9 Å². The average Bonchev–Trinajstić information content (AvgIpc) is 2.71. The van der Waals surface area contributed by atoms with Gasteiger partial charge in [-0.25, -0.2) is 4.99 Å². The SMILES string of the molecule is NC(=S)/N=c1/c(O)c(-c2ccc(O)cc2O)oc2cc(O)c(-c3ccccc3Cl)c(O)c12. The highest BCUT2D eigenvalue weighted by atomic mass is 35.5. The molecule has 1 aromatic heterocycles. The van der Waals surface area contributed by atoms with Crippen molar-refractivity contribution in [3.05, 3.63) is 58.9 Å². The number of thiocarbonyl (C=S) groups is 1. The first kappa shape index (κ1) is 21.3. The summed E-state index contributed by atoms with van der Waals surface area (Å²) in [6.07, 6.45) is 0. The molecule has 0 spiro atoms. The zero-order valence-electron chi connectivity index (χ0n) is 16.1. The predicted molar refractivity (Wildman–Crippen MR) is 123 cm³/mol. The number of phenolic OH excluding ortho intramolecular Hbond substituents is 4. The van der Waals surface area contributed by atoms with Crippen molar-refractivity contribution in [2.75, 3.05) is 0 Å². The number of phenols is 4. The van der Waals surface area contributed by atoms with Gasteiger partial charge in [0.05, 0.1) is 16.5 Å². The molecule has 0 aliphatic heterocycles. The normalized spacial score (nSPS) is 11.7. The fraction of sp³-hybridized carbons (Fsp3) is 0. The van der Waals surface area contributed by atoms with Crippen LogP contribution in [0.25, 0.3) is 33.4 Å². The average molecular weight is 471 g/mol. The third-order valence-electron chi connectivity index (χ3n) is 4.72. The molecule has 0 fully saturated rings. The molecule has 1 heterocycles. The van der Waals surface area contributed by atoms with E-state index in [0.29, 0.717) is 5.56 Å². The van der Waals surface area contributed by atoms with Gasteiger partial charge in [-0.1, -0.05) is 29.8 Å². The van der Waals surface area contributed by atoms with E-state index in [-0.39, 0.29) is 54.8 Å². The van der Waals surface area contributed by atoms with Gasteiger partial charge in [-0.3, -0.25) is 0 Å². The summed E-state index contributed by atoms with van der Waals surface area (Å²) >= 11 is 11.1. The second-order valence-electron chi connectivity index (χ2n) is 6.75. The highest BCUT2D eigenvalue weighted by Gasteiger charge is 2.24. The van der Waals surface area contributed by atoms with E-state index in [1.165, 1.54) is 18.2 Å². The molecule has 0 atom stereocenters. The third-order valence-corrected chi connectivity index (χ3v) is 5.14. The highest BCUT2D eigenvalue weighted by molar-refractivity contribution is 7.80. The van der Waals surface area contributed by atoms with Crippen molar-refractivity contribution in [1.29, 1.82) is 0 Å². The van der Waals surface area contributed by atoms with Crippen LogP contribution in [0.2, 0.25) is 5.02 Å². The Kier molecular flexibility index (Phi) is 5.29.